The van der Waals surface area contributed by atoms with E-state index in [-0.39, 0.29) is 0 Å². The van der Waals surface area contributed by atoms with Crippen molar-refractivity contribution in [1.29, 1.82) is 0 Å². The second-order valence-corrected chi connectivity index (χ2v) is 4.72. The minimum Gasteiger partial charge on any atom is -0.480 e. The van der Waals surface area contributed by atoms with Crippen LogP contribution < -0.4 is 5.32 Å². The van der Waals surface area contributed by atoms with E-state index in [2.05, 4.69) is 10.3 Å². The molecule has 2 N–H and O–H groups in total. The third kappa shape index (κ3) is 3.65. The Labute approximate surface area is 90.7 Å². The zero-order valence-corrected chi connectivity index (χ0v) is 9.40. The Kier molecular flexibility index (Phi) is 4.92. The Hall–Kier alpha value is -0.590. The van der Waals surface area contributed by atoms with E-state index in [0.29, 0.717) is 12.3 Å². The molecule has 0 aliphatic heterocycles. The number of hydrogen-bond acceptors (Lipinski definition) is 5. The molecule has 0 radical (unpaired) electrons. The average molecular weight is 232 g/mol. The molecule has 78 valence electrons. The van der Waals surface area contributed by atoms with Gasteiger partial charge in [0.25, 0.3) is 0 Å². The van der Waals surface area contributed by atoms with E-state index >= 15 is 0 Å². The zero-order valence-electron chi connectivity index (χ0n) is 7.77. The molecule has 1 atom stereocenters. The summed E-state index contributed by atoms with van der Waals surface area (Å²) in [7, 11) is 0. The number of hydrogen-bond donors (Lipinski definition) is 2. The van der Waals surface area contributed by atoms with Gasteiger partial charge in [0.15, 0.2) is 0 Å². The summed E-state index contributed by atoms with van der Waals surface area (Å²) >= 11 is 2.99. The van der Waals surface area contributed by atoms with Crippen molar-refractivity contribution in [3.05, 3.63) is 11.6 Å². The van der Waals surface area contributed by atoms with Gasteiger partial charge in [0.1, 0.15) is 10.4 Å². The van der Waals surface area contributed by atoms with Crippen molar-refractivity contribution in [3.8, 4) is 0 Å². The summed E-state index contributed by atoms with van der Waals surface area (Å²) in [6, 6.07) is -0.492. The highest BCUT2D eigenvalue weighted by atomic mass is 32.2. The first-order valence-electron chi connectivity index (χ1n) is 4.22. The Morgan fingerprint density at radius 2 is 2.64 bits per heavy atom. The number of rotatable bonds is 6. The normalized spacial score (nSPS) is 12.6. The smallest absolute Gasteiger partial charge is 0.321 e. The second kappa shape index (κ2) is 6.00. The molecule has 1 rings (SSSR count). The molecule has 0 fully saturated rings. The lowest BCUT2D eigenvalue weighted by Gasteiger charge is -2.10. The van der Waals surface area contributed by atoms with Crippen LogP contribution in [-0.4, -0.2) is 34.4 Å². The molecule has 1 heterocycles. The van der Waals surface area contributed by atoms with Crippen molar-refractivity contribution >= 4 is 29.1 Å². The maximum Gasteiger partial charge on any atom is 0.321 e. The van der Waals surface area contributed by atoms with Crippen LogP contribution in [-0.2, 0) is 4.79 Å². The largest absolute Gasteiger partial charge is 0.480 e. The van der Waals surface area contributed by atoms with Crippen LogP contribution >= 0.6 is 23.1 Å². The van der Waals surface area contributed by atoms with Gasteiger partial charge in [-0.3, -0.25) is 4.79 Å². The van der Waals surface area contributed by atoms with Gasteiger partial charge < -0.3 is 10.4 Å². The first kappa shape index (κ1) is 11.5. The molecule has 0 spiro atoms. The number of nitrogens with zero attached hydrogens (tertiary/aromatic N) is 1. The van der Waals surface area contributed by atoms with Gasteiger partial charge in [-0.2, -0.15) is 0 Å². The van der Waals surface area contributed by atoms with Crippen LogP contribution in [0.15, 0.2) is 15.9 Å². The van der Waals surface area contributed by atoms with E-state index in [1.807, 2.05) is 12.3 Å². The minimum absolute atomic E-state index is 0.492. The fourth-order valence-electron chi connectivity index (χ4n) is 0.900. The number of likely N-dealkylation sites (N-methyl/N-ethyl adjacent to an activating group) is 1. The van der Waals surface area contributed by atoms with E-state index in [1.165, 1.54) is 23.1 Å². The highest BCUT2D eigenvalue weighted by Crippen LogP contribution is 2.20. The molecule has 4 nitrogen and oxygen atoms in total. The molecule has 1 aromatic heterocycles. The standard InChI is InChI=1S/C8H12N2O2S2/c1-2-9-6(7(11)12)5-14-8-10-3-4-13-8/h3-4,6,9H,2,5H2,1H3,(H,11,12). The van der Waals surface area contributed by atoms with Crippen LogP contribution in [0.4, 0.5) is 0 Å². The van der Waals surface area contributed by atoms with Crippen molar-refractivity contribution < 1.29 is 9.90 Å². The van der Waals surface area contributed by atoms with Crippen molar-refractivity contribution in [2.75, 3.05) is 12.3 Å². The summed E-state index contributed by atoms with van der Waals surface area (Å²) in [4.78, 5) is 14.8. The molecular weight excluding hydrogens is 220 g/mol. The highest BCUT2D eigenvalue weighted by Gasteiger charge is 2.16. The van der Waals surface area contributed by atoms with Gasteiger partial charge in [-0.1, -0.05) is 18.7 Å². The van der Waals surface area contributed by atoms with E-state index in [0.717, 1.165) is 4.34 Å². The van der Waals surface area contributed by atoms with Gasteiger partial charge in [0.05, 0.1) is 0 Å². The topological polar surface area (TPSA) is 62.2 Å². The summed E-state index contributed by atoms with van der Waals surface area (Å²) in [6.07, 6.45) is 1.72. The quantitative estimate of drug-likeness (QED) is 0.724. The number of carboxylic acid groups (broad SMARTS) is 1. The lowest BCUT2D eigenvalue weighted by molar-refractivity contribution is -0.138. The zero-order chi connectivity index (χ0) is 10.4. The molecule has 6 heteroatoms. The predicted octanol–water partition coefficient (Wildman–Crippen LogP) is 1.30. The van der Waals surface area contributed by atoms with E-state index in [4.69, 9.17) is 5.11 Å². The first-order valence-corrected chi connectivity index (χ1v) is 6.09. The SMILES string of the molecule is CCNC(CSc1nccs1)C(=O)O. The summed E-state index contributed by atoms with van der Waals surface area (Å²) in [5.41, 5.74) is 0. The van der Waals surface area contributed by atoms with Crippen LogP contribution in [0.5, 0.6) is 0 Å². The van der Waals surface area contributed by atoms with Crippen LogP contribution in [0, 0.1) is 0 Å². The lowest BCUT2D eigenvalue weighted by atomic mass is 10.3. The predicted molar refractivity (Wildman–Crippen MR) is 57.9 cm³/mol. The molecule has 0 amide bonds. The van der Waals surface area contributed by atoms with Crippen molar-refractivity contribution in [3.63, 3.8) is 0 Å². The monoisotopic (exact) mass is 232 g/mol. The fourth-order valence-corrected chi connectivity index (χ4v) is 2.61. The summed E-state index contributed by atoms with van der Waals surface area (Å²) < 4.78 is 0.911. The molecule has 0 saturated carbocycles. The van der Waals surface area contributed by atoms with Crippen LogP contribution in [0.2, 0.25) is 0 Å². The van der Waals surface area contributed by atoms with E-state index in [1.54, 1.807) is 6.20 Å². The van der Waals surface area contributed by atoms with E-state index in [9.17, 15) is 4.79 Å². The lowest BCUT2D eigenvalue weighted by Crippen LogP contribution is -2.38. The molecule has 14 heavy (non-hydrogen) atoms. The number of carbonyl (C=O) groups is 1. The molecule has 1 unspecified atom stereocenters. The fraction of sp³-hybridized carbons (Fsp3) is 0.500. The number of aromatic nitrogens is 1. The van der Waals surface area contributed by atoms with Gasteiger partial charge >= 0.3 is 5.97 Å². The second-order valence-electron chi connectivity index (χ2n) is 2.56. The third-order valence-corrected chi connectivity index (χ3v) is 3.59. The summed E-state index contributed by atoms with van der Waals surface area (Å²) in [6.45, 7) is 2.55. The molecule has 1 aromatic rings. The summed E-state index contributed by atoms with van der Waals surface area (Å²) in [5.74, 6) is -0.299. The van der Waals surface area contributed by atoms with Crippen LogP contribution in [0.3, 0.4) is 0 Å². The van der Waals surface area contributed by atoms with Gasteiger partial charge in [0, 0.05) is 17.3 Å². The summed E-state index contributed by atoms with van der Waals surface area (Å²) in [5, 5.41) is 13.6. The number of nitrogens with one attached hydrogen (secondary N) is 1. The maximum atomic E-state index is 10.8. The molecular formula is C8H12N2O2S2. The average Bonchev–Trinajstić information content (AvgIpc) is 2.64. The van der Waals surface area contributed by atoms with E-state index < -0.39 is 12.0 Å². The van der Waals surface area contributed by atoms with Crippen molar-refractivity contribution in [1.82, 2.24) is 10.3 Å². The van der Waals surface area contributed by atoms with Gasteiger partial charge in [-0.05, 0) is 6.54 Å². The number of thioether (sulfide) groups is 1. The Balaban J connectivity index is 2.37. The number of thiazole rings is 1. The van der Waals surface area contributed by atoms with Gasteiger partial charge in [0.2, 0.25) is 0 Å². The molecule has 0 bridgehead atoms. The molecule has 0 saturated heterocycles. The Morgan fingerprint density at radius 1 is 1.86 bits per heavy atom. The van der Waals surface area contributed by atoms with Crippen molar-refractivity contribution in [2.45, 2.75) is 17.3 Å². The van der Waals surface area contributed by atoms with Crippen molar-refractivity contribution in [2.24, 2.45) is 0 Å². The van der Waals surface area contributed by atoms with Crippen LogP contribution in [0.1, 0.15) is 6.92 Å². The number of carboxylic acids is 1. The highest BCUT2D eigenvalue weighted by molar-refractivity contribution is 8.01. The third-order valence-electron chi connectivity index (χ3n) is 1.53. The van der Waals surface area contributed by atoms with Gasteiger partial charge in [-0.25, -0.2) is 4.98 Å². The van der Waals surface area contributed by atoms with Gasteiger partial charge in [-0.15, -0.1) is 11.3 Å². The maximum absolute atomic E-state index is 10.8. The van der Waals surface area contributed by atoms with Crippen LogP contribution in [0.25, 0.3) is 0 Å². The number of aliphatic carboxylic acids is 1. The molecule has 0 aliphatic carbocycles. The molecule has 0 aromatic carbocycles. The Bertz CT molecular complexity index is 277. The first-order chi connectivity index (χ1) is 6.74. The molecule has 0 aliphatic rings. The minimum atomic E-state index is -0.809. The Morgan fingerprint density at radius 3 is 3.14 bits per heavy atom.